The van der Waals surface area contributed by atoms with Crippen molar-refractivity contribution in [2.24, 2.45) is 0 Å². The maximum Gasteiger partial charge on any atom is 0.0184 e. The van der Waals surface area contributed by atoms with Gasteiger partial charge in [0.2, 0.25) is 0 Å². The summed E-state index contributed by atoms with van der Waals surface area (Å²) in [5.74, 6) is 0. The van der Waals surface area contributed by atoms with E-state index in [0.29, 0.717) is 0 Å². The predicted molar refractivity (Wildman–Crippen MR) is 64.4 cm³/mol. The molecule has 0 bridgehead atoms. The summed E-state index contributed by atoms with van der Waals surface area (Å²) in [4.78, 5) is 0. The van der Waals surface area contributed by atoms with Gasteiger partial charge in [-0.3, -0.25) is 0 Å². The van der Waals surface area contributed by atoms with Crippen LogP contribution in [0.3, 0.4) is 0 Å². The van der Waals surface area contributed by atoms with E-state index in [1.54, 1.807) is 0 Å². The predicted octanol–water partition coefficient (Wildman–Crippen LogP) is 4.54. The van der Waals surface area contributed by atoms with Gasteiger partial charge < -0.3 is 0 Å². The van der Waals surface area contributed by atoms with E-state index in [2.05, 4.69) is 25.6 Å². The van der Waals surface area contributed by atoms with Gasteiger partial charge in [0.25, 0.3) is 0 Å². The molecule has 0 saturated heterocycles. The van der Waals surface area contributed by atoms with Crippen LogP contribution in [0.2, 0.25) is 0 Å². The molecule has 74 valence electrons. The SMILES string of the molecule is C=C(/C=C(/Cl)CC)c1cccc(C)c1. The van der Waals surface area contributed by atoms with Gasteiger partial charge in [-0.25, -0.2) is 0 Å². The lowest BCUT2D eigenvalue weighted by molar-refractivity contribution is 1.19. The van der Waals surface area contributed by atoms with E-state index in [-0.39, 0.29) is 0 Å². The zero-order valence-corrected chi connectivity index (χ0v) is 9.43. The van der Waals surface area contributed by atoms with Crippen molar-refractivity contribution in [3.63, 3.8) is 0 Å². The number of aryl methyl sites for hydroxylation is 1. The second kappa shape index (κ2) is 5.02. The first-order valence-corrected chi connectivity index (χ1v) is 5.13. The molecule has 0 aliphatic carbocycles. The smallest absolute Gasteiger partial charge is 0.0184 e. The van der Waals surface area contributed by atoms with Gasteiger partial charge in [0.15, 0.2) is 0 Å². The van der Waals surface area contributed by atoms with E-state index < -0.39 is 0 Å². The quantitative estimate of drug-likeness (QED) is 0.637. The Morgan fingerprint density at radius 1 is 1.50 bits per heavy atom. The van der Waals surface area contributed by atoms with Crippen LogP contribution in [0.25, 0.3) is 5.57 Å². The van der Waals surface area contributed by atoms with Gasteiger partial charge in [-0.2, -0.15) is 0 Å². The van der Waals surface area contributed by atoms with E-state index >= 15 is 0 Å². The van der Waals surface area contributed by atoms with Crippen LogP contribution in [0.5, 0.6) is 0 Å². The molecule has 0 atom stereocenters. The second-order valence-corrected chi connectivity index (χ2v) is 3.82. The van der Waals surface area contributed by atoms with Crippen LogP contribution in [-0.4, -0.2) is 0 Å². The largest absolute Gasteiger partial charge is 0.0911 e. The zero-order valence-electron chi connectivity index (χ0n) is 8.68. The fraction of sp³-hybridized carbons (Fsp3) is 0.231. The molecule has 0 heterocycles. The van der Waals surface area contributed by atoms with Crippen molar-refractivity contribution in [2.75, 3.05) is 0 Å². The average Bonchev–Trinajstić information content (AvgIpc) is 2.17. The molecule has 1 aromatic carbocycles. The molecule has 0 amide bonds. The van der Waals surface area contributed by atoms with Crippen molar-refractivity contribution in [1.82, 2.24) is 0 Å². The Labute approximate surface area is 90.9 Å². The van der Waals surface area contributed by atoms with Gasteiger partial charge in [0.05, 0.1) is 0 Å². The number of halogens is 1. The fourth-order valence-corrected chi connectivity index (χ4v) is 1.35. The van der Waals surface area contributed by atoms with Gasteiger partial charge in [-0.15, -0.1) is 0 Å². The zero-order chi connectivity index (χ0) is 10.6. The first-order valence-electron chi connectivity index (χ1n) is 4.75. The lowest BCUT2D eigenvalue weighted by atomic mass is 10.0. The third-order valence-corrected chi connectivity index (χ3v) is 2.43. The van der Waals surface area contributed by atoms with Gasteiger partial charge in [0.1, 0.15) is 0 Å². The summed E-state index contributed by atoms with van der Waals surface area (Å²) in [5.41, 5.74) is 3.35. The second-order valence-electron chi connectivity index (χ2n) is 3.34. The van der Waals surface area contributed by atoms with Crippen LogP contribution >= 0.6 is 11.6 Å². The number of allylic oxidation sites excluding steroid dienone is 3. The Bertz CT molecular complexity index is 361. The van der Waals surface area contributed by atoms with Crippen molar-refractivity contribution in [1.29, 1.82) is 0 Å². The maximum atomic E-state index is 5.95. The van der Waals surface area contributed by atoms with Crippen molar-refractivity contribution in [3.05, 3.63) is 53.1 Å². The summed E-state index contributed by atoms with van der Waals surface area (Å²) in [6, 6.07) is 8.26. The molecule has 14 heavy (non-hydrogen) atoms. The van der Waals surface area contributed by atoms with E-state index in [1.165, 1.54) is 5.56 Å². The summed E-state index contributed by atoms with van der Waals surface area (Å²) in [6.07, 6.45) is 2.78. The fourth-order valence-electron chi connectivity index (χ4n) is 1.22. The van der Waals surface area contributed by atoms with E-state index in [0.717, 1.165) is 22.6 Å². The molecule has 1 rings (SSSR count). The highest BCUT2D eigenvalue weighted by Crippen LogP contribution is 2.19. The molecule has 0 fully saturated rings. The third kappa shape index (κ3) is 3.04. The molecule has 1 heteroatoms. The monoisotopic (exact) mass is 206 g/mol. The molecular formula is C13H15Cl. The highest BCUT2D eigenvalue weighted by atomic mass is 35.5. The Morgan fingerprint density at radius 3 is 2.79 bits per heavy atom. The minimum absolute atomic E-state index is 0.844. The lowest BCUT2D eigenvalue weighted by Gasteiger charge is -2.02. The van der Waals surface area contributed by atoms with E-state index in [9.17, 15) is 0 Å². The molecule has 0 saturated carbocycles. The highest BCUT2D eigenvalue weighted by molar-refractivity contribution is 6.30. The normalized spacial score (nSPS) is 11.5. The average molecular weight is 207 g/mol. The van der Waals surface area contributed by atoms with Crippen molar-refractivity contribution >= 4 is 17.2 Å². The summed E-state index contributed by atoms with van der Waals surface area (Å²) < 4.78 is 0. The van der Waals surface area contributed by atoms with Crippen LogP contribution in [0.1, 0.15) is 24.5 Å². The maximum absolute atomic E-state index is 5.95. The number of hydrogen-bond donors (Lipinski definition) is 0. The Morgan fingerprint density at radius 2 is 2.21 bits per heavy atom. The highest BCUT2D eigenvalue weighted by Gasteiger charge is 1.96. The lowest BCUT2D eigenvalue weighted by Crippen LogP contribution is -1.81. The van der Waals surface area contributed by atoms with Gasteiger partial charge in [-0.05, 0) is 30.6 Å². The topological polar surface area (TPSA) is 0 Å². The van der Waals surface area contributed by atoms with Crippen molar-refractivity contribution in [3.8, 4) is 0 Å². The molecule has 0 radical (unpaired) electrons. The first kappa shape index (κ1) is 11.1. The van der Waals surface area contributed by atoms with E-state index in [1.807, 2.05) is 25.1 Å². The van der Waals surface area contributed by atoms with Gasteiger partial charge in [-0.1, -0.05) is 54.9 Å². The minimum atomic E-state index is 0.844. The Hall–Kier alpha value is -1.01. The summed E-state index contributed by atoms with van der Waals surface area (Å²) in [5, 5.41) is 0.844. The van der Waals surface area contributed by atoms with E-state index in [4.69, 9.17) is 11.6 Å². The molecule has 0 unspecified atom stereocenters. The van der Waals surface area contributed by atoms with Crippen LogP contribution < -0.4 is 0 Å². The summed E-state index contributed by atoms with van der Waals surface area (Å²) in [6.45, 7) is 8.09. The number of benzene rings is 1. The Balaban J connectivity index is 2.90. The van der Waals surface area contributed by atoms with Crippen LogP contribution in [0.4, 0.5) is 0 Å². The van der Waals surface area contributed by atoms with Crippen LogP contribution in [0, 0.1) is 6.92 Å². The molecule has 0 aromatic heterocycles. The molecule has 0 N–H and O–H groups in total. The van der Waals surface area contributed by atoms with Gasteiger partial charge >= 0.3 is 0 Å². The Kier molecular flexibility index (Phi) is 3.97. The molecule has 1 aromatic rings. The molecule has 0 spiro atoms. The first-order chi connectivity index (χ1) is 6.63. The minimum Gasteiger partial charge on any atom is -0.0911 e. The summed E-state index contributed by atoms with van der Waals surface area (Å²) in [7, 11) is 0. The number of hydrogen-bond acceptors (Lipinski definition) is 0. The van der Waals surface area contributed by atoms with Crippen molar-refractivity contribution in [2.45, 2.75) is 20.3 Å². The molecule has 0 aliphatic heterocycles. The van der Waals surface area contributed by atoms with Crippen LogP contribution in [-0.2, 0) is 0 Å². The standard InChI is InChI=1S/C13H15Cl/c1-4-13(14)9-11(3)12-7-5-6-10(2)8-12/h5-9H,3-4H2,1-2H3/b13-9+. The third-order valence-electron chi connectivity index (χ3n) is 2.06. The number of rotatable bonds is 3. The van der Waals surface area contributed by atoms with Gasteiger partial charge in [0, 0.05) is 5.03 Å². The van der Waals surface area contributed by atoms with Crippen LogP contribution in [0.15, 0.2) is 42.0 Å². The summed E-state index contributed by atoms with van der Waals surface area (Å²) >= 11 is 5.95. The molecule has 0 aliphatic rings. The molecular weight excluding hydrogens is 192 g/mol. The van der Waals surface area contributed by atoms with Crippen molar-refractivity contribution < 1.29 is 0 Å². The molecule has 0 nitrogen and oxygen atoms in total.